The Morgan fingerprint density at radius 2 is 1.95 bits per heavy atom. The van der Waals surface area contributed by atoms with Crippen molar-refractivity contribution in [3.8, 4) is 11.6 Å². The first kappa shape index (κ1) is 13.5. The van der Waals surface area contributed by atoms with E-state index < -0.39 is 17.6 Å². The quantitative estimate of drug-likeness (QED) is 0.845. The zero-order valence-corrected chi connectivity index (χ0v) is 10.2. The fraction of sp³-hybridized carbons (Fsp3) is 0.0833. The number of nitrogens with zero attached hydrogens (tertiary/aromatic N) is 1. The van der Waals surface area contributed by atoms with Crippen LogP contribution in [0.25, 0.3) is 0 Å². The summed E-state index contributed by atoms with van der Waals surface area (Å²) in [5, 5.41) is 0.363. The molecule has 0 fully saturated rings. The van der Waals surface area contributed by atoms with Crippen molar-refractivity contribution in [1.82, 2.24) is 4.98 Å². The van der Waals surface area contributed by atoms with Gasteiger partial charge in [-0.15, -0.1) is 0 Å². The van der Waals surface area contributed by atoms with Gasteiger partial charge in [0, 0.05) is 11.2 Å². The first-order chi connectivity index (χ1) is 8.88. The van der Waals surface area contributed by atoms with Crippen LogP contribution in [0, 0.1) is 0 Å². The predicted molar refractivity (Wildman–Crippen MR) is 65.2 cm³/mol. The zero-order valence-electron chi connectivity index (χ0n) is 9.41. The lowest BCUT2D eigenvalue weighted by atomic mass is 10.2. The number of alkyl halides is 3. The maximum Gasteiger partial charge on any atom is 0.421 e. The molecule has 1 aromatic carbocycles. The van der Waals surface area contributed by atoms with E-state index in [1.54, 1.807) is 0 Å². The molecule has 7 heteroatoms. The standard InChI is InChI=1S/C12H8ClF3N2O/c13-7-3-4-10(9(17)6-7)19-11-8(12(14,15)16)2-1-5-18-11/h1-6H,17H2. The van der Waals surface area contributed by atoms with E-state index in [4.69, 9.17) is 22.1 Å². The second kappa shape index (κ2) is 4.97. The molecule has 3 nitrogen and oxygen atoms in total. The summed E-state index contributed by atoms with van der Waals surface area (Å²) >= 11 is 5.69. The van der Waals surface area contributed by atoms with Crippen molar-refractivity contribution in [2.45, 2.75) is 6.18 Å². The number of nitrogens with two attached hydrogens (primary N) is 1. The number of nitrogen functional groups attached to an aromatic ring is 1. The number of aromatic nitrogens is 1. The Kier molecular flexibility index (Phi) is 3.53. The van der Waals surface area contributed by atoms with Crippen LogP contribution in [0.3, 0.4) is 0 Å². The third-order valence-corrected chi connectivity index (χ3v) is 2.49. The summed E-state index contributed by atoms with van der Waals surface area (Å²) in [6, 6.07) is 6.29. The largest absolute Gasteiger partial charge is 0.436 e. The maximum atomic E-state index is 12.7. The van der Waals surface area contributed by atoms with Gasteiger partial charge in [-0.25, -0.2) is 4.98 Å². The van der Waals surface area contributed by atoms with Crippen molar-refractivity contribution in [3.05, 3.63) is 47.1 Å². The van der Waals surface area contributed by atoms with Gasteiger partial charge in [-0.2, -0.15) is 13.2 Å². The lowest BCUT2D eigenvalue weighted by Gasteiger charge is -2.13. The highest BCUT2D eigenvalue weighted by atomic mass is 35.5. The highest BCUT2D eigenvalue weighted by Gasteiger charge is 2.35. The van der Waals surface area contributed by atoms with Crippen molar-refractivity contribution in [2.24, 2.45) is 0 Å². The number of hydrogen-bond donors (Lipinski definition) is 1. The molecule has 2 rings (SSSR count). The molecule has 0 saturated carbocycles. The van der Waals surface area contributed by atoms with E-state index >= 15 is 0 Å². The Balaban J connectivity index is 2.39. The minimum atomic E-state index is -4.55. The molecule has 0 bridgehead atoms. The second-order valence-corrected chi connectivity index (χ2v) is 4.07. The van der Waals surface area contributed by atoms with E-state index in [0.29, 0.717) is 5.02 Å². The summed E-state index contributed by atoms with van der Waals surface area (Å²) < 4.78 is 43.3. The lowest BCUT2D eigenvalue weighted by molar-refractivity contribution is -0.138. The molecule has 0 aliphatic carbocycles. The van der Waals surface area contributed by atoms with Gasteiger partial charge in [-0.1, -0.05) is 11.6 Å². The molecule has 0 unspecified atom stereocenters. The smallest absolute Gasteiger partial charge is 0.421 e. The van der Waals surface area contributed by atoms with Gasteiger partial charge in [-0.05, 0) is 30.3 Å². The van der Waals surface area contributed by atoms with Gasteiger partial charge in [-0.3, -0.25) is 0 Å². The van der Waals surface area contributed by atoms with E-state index in [2.05, 4.69) is 4.98 Å². The number of ether oxygens (including phenoxy) is 1. The highest BCUT2D eigenvalue weighted by molar-refractivity contribution is 6.30. The fourth-order valence-electron chi connectivity index (χ4n) is 1.40. The molecule has 1 aromatic heterocycles. The number of halogens is 4. The molecule has 0 amide bonds. The molecule has 2 N–H and O–H groups in total. The van der Waals surface area contributed by atoms with Crippen molar-refractivity contribution in [1.29, 1.82) is 0 Å². The monoisotopic (exact) mass is 288 g/mol. The molecule has 0 aliphatic rings. The summed E-state index contributed by atoms with van der Waals surface area (Å²) in [6.45, 7) is 0. The summed E-state index contributed by atoms with van der Waals surface area (Å²) in [6.07, 6.45) is -3.35. The van der Waals surface area contributed by atoms with Crippen LogP contribution in [-0.4, -0.2) is 4.98 Å². The average molecular weight is 289 g/mol. The third kappa shape index (κ3) is 3.08. The van der Waals surface area contributed by atoms with Crippen LogP contribution in [0.5, 0.6) is 11.6 Å². The molecule has 0 saturated heterocycles. The Morgan fingerprint density at radius 1 is 1.21 bits per heavy atom. The Morgan fingerprint density at radius 3 is 2.58 bits per heavy atom. The average Bonchev–Trinajstić information content (AvgIpc) is 2.32. The van der Waals surface area contributed by atoms with Gasteiger partial charge in [0.2, 0.25) is 5.88 Å². The molecule has 2 aromatic rings. The van der Waals surface area contributed by atoms with Crippen LogP contribution in [0.15, 0.2) is 36.5 Å². The molecule has 100 valence electrons. The van der Waals surface area contributed by atoms with E-state index in [0.717, 1.165) is 6.07 Å². The van der Waals surface area contributed by atoms with Gasteiger partial charge in [0.1, 0.15) is 5.56 Å². The van der Waals surface area contributed by atoms with Crippen LogP contribution in [0.2, 0.25) is 5.02 Å². The first-order valence-electron chi connectivity index (χ1n) is 5.13. The zero-order chi connectivity index (χ0) is 14.0. The van der Waals surface area contributed by atoms with E-state index in [1.165, 1.54) is 30.5 Å². The van der Waals surface area contributed by atoms with Gasteiger partial charge < -0.3 is 10.5 Å². The Hall–Kier alpha value is -1.95. The first-order valence-corrected chi connectivity index (χ1v) is 5.51. The Labute approximate surface area is 111 Å². The van der Waals surface area contributed by atoms with Crippen LogP contribution < -0.4 is 10.5 Å². The fourth-order valence-corrected chi connectivity index (χ4v) is 1.58. The maximum absolute atomic E-state index is 12.7. The SMILES string of the molecule is Nc1cc(Cl)ccc1Oc1ncccc1C(F)(F)F. The van der Waals surface area contributed by atoms with E-state index in [9.17, 15) is 13.2 Å². The molecule has 1 heterocycles. The summed E-state index contributed by atoms with van der Waals surface area (Å²) in [4.78, 5) is 3.57. The van der Waals surface area contributed by atoms with E-state index in [1.807, 2.05) is 0 Å². The van der Waals surface area contributed by atoms with Crippen molar-refractivity contribution >= 4 is 17.3 Å². The van der Waals surface area contributed by atoms with Gasteiger partial charge in [0.25, 0.3) is 0 Å². The normalized spacial score (nSPS) is 11.4. The highest BCUT2D eigenvalue weighted by Crippen LogP contribution is 2.38. The van der Waals surface area contributed by atoms with Gasteiger partial charge in [0.15, 0.2) is 5.75 Å². The number of anilines is 1. The van der Waals surface area contributed by atoms with E-state index in [-0.39, 0.29) is 11.4 Å². The van der Waals surface area contributed by atoms with Crippen LogP contribution >= 0.6 is 11.6 Å². The van der Waals surface area contributed by atoms with Crippen molar-refractivity contribution < 1.29 is 17.9 Å². The third-order valence-electron chi connectivity index (χ3n) is 2.26. The summed E-state index contributed by atoms with van der Waals surface area (Å²) in [5.74, 6) is -0.488. The van der Waals surface area contributed by atoms with Gasteiger partial charge in [0.05, 0.1) is 5.69 Å². The summed E-state index contributed by atoms with van der Waals surface area (Å²) in [5.41, 5.74) is 4.77. The second-order valence-electron chi connectivity index (χ2n) is 3.64. The molecular weight excluding hydrogens is 281 g/mol. The van der Waals surface area contributed by atoms with Crippen LogP contribution in [0.1, 0.15) is 5.56 Å². The number of pyridine rings is 1. The molecule has 0 aliphatic heterocycles. The predicted octanol–water partition coefficient (Wildman–Crippen LogP) is 4.13. The molecule has 0 spiro atoms. The molecule has 0 atom stereocenters. The minimum absolute atomic E-state index is 0.0635. The van der Waals surface area contributed by atoms with Gasteiger partial charge >= 0.3 is 6.18 Å². The topological polar surface area (TPSA) is 48.1 Å². The molecule has 0 radical (unpaired) electrons. The summed E-state index contributed by atoms with van der Waals surface area (Å²) in [7, 11) is 0. The molecule has 19 heavy (non-hydrogen) atoms. The Bertz CT molecular complexity index is 602. The van der Waals surface area contributed by atoms with Crippen molar-refractivity contribution in [2.75, 3.05) is 5.73 Å². The number of hydrogen-bond acceptors (Lipinski definition) is 3. The van der Waals surface area contributed by atoms with Crippen LogP contribution in [-0.2, 0) is 6.18 Å². The van der Waals surface area contributed by atoms with Crippen molar-refractivity contribution in [3.63, 3.8) is 0 Å². The van der Waals surface area contributed by atoms with Crippen LogP contribution in [0.4, 0.5) is 18.9 Å². The lowest BCUT2D eigenvalue weighted by Crippen LogP contribution is -2.08. The number of rotatable bonds is 2. The minimum Gasteiger partial charge on any atom is -0.436 e. The molecular formula is C12H8ClF3N2O. The number of benzene rings is 1.